The van der Waals surface area contributed by atoms with E-state index >= 15 is 0 Å². The van der Waals surface area contributed by atoms with Gasteiger partial charge in [-0.05, 0) is 44.9 Å². The molecule has 0 bridgehead atoms. The highest BCUT2D eigenvalue weighted by atomic mass is 31.2. The number of phosphoric ester groups is 1. The highest BCUT2D eigenvalue weighted by Crippen LogP contribution is 2.43. The average Bonchev–Trinajstić information content (AvgIpc) is 2.97. The van der Waals surface area contributed by atoms with E-state index in [1.54, 1.807) is 6.08 Å². The molecule has 0 aliphatic carbocycles. The number of carbonyl (C=O) groups excluding carboxylic acids is 1. The summed E-state index contributed by atoms with van der Waals surface area (Å²) in [6.45, 7) is 4.69. The molecule has 0 spiro atoms. The number of amides is 1. The number of aliphatic hydroxyl groups excluding tert-OH is 1. The average molecular weight is 658 g/mol. The van der Waals surface area contributed by atoms with Crippen LogP contribution in [0.1, 0.15) is 136 Å². The number of rotatable bonds is 31. The Kier molecular flexibility index (Phi) is 28.1. The van der Waals surface area contributed by atoms with Crippen LogP contribution in [0.4, 0.5) is 0 Å². The first-order valence-electron chi connectivity index (χ1n) is 17.9. The number of aliphatic hydroxyl groups is 1. The molecule has 0 aromatic rings. The third kappa shape index (κ3) is 31.1. The van der Waals surface area contributed by atoms with Crippen molar-refractivity contribution < 1.29 is 32.9 Å². The quantitative estimate of drug-likeness (QED) is 0.0298. The standard InChI is InChI=1S/C36H69N2O6P/c1-6-8-10-12-14-15-16-17-18-19-20-21-22-24-25-27-29-35(39)34(33-44-45(41,42)43-32-31-38(3,4)5)37-36(40)30-28-26-23-13-11-9-7-2/h17-18,21-22,27,29,34-35,39H,6-16,19-20,23-26,28,30-33H2,1-5H3,(H-,37,40,41,42)/p+1/b18-17+,22-21+,29-27+. The molecule has 0 radical (unpaired) electrons. The lowest BCUT2D eigenvalue weighted by molar-refractivity contribution is -0.870. The number of nitrogens with one attached hydrogen (secondary N) is 1. The molecule has 0 aliphatic heterocycles. The van der Waals surface area contributed by atoms with Gasteiger partial charge in [-0.2, -0.15) is 0 Å². The van der Waals surface area contributed by atoms with E-state index in [9.17, 15) is 19.4 Å². The maximum absolute atomic E-state index is 12.6. The number of hydrogen-bond acceptors (Lipinski definition) is 5. The fourth-order valence-corrected chi connectivity index (χ4v) is 5.39. The summed E-state index contributed by atoms with van der Waals surface area (Å²) >= 11 is 0. The first-order chi connectivity index (χ1) is 21.5. The summed E-state index contributed by atoms with van der Waals surface area (Å²) in [6, 6.07) is -0.862. The molecule has 9 heteroatoms. The lowest BCUT2D eigenvalue weighted by Gasteiger charge is -2.25. The SMILES string of the molecule is CCCCCCCC/C=C/CC/C=C/CC/C=C/C(O)C(COP(=O)(O)OCC[N+](C)(C)C)NC(=O)CCCCCCCCC. The van der Waals surface area contributed by atoms with Crippen LogP contribution in [0.3, 0.4) is 0 Å². The second-order valence-corrected chi connectivity index (χ2v) is 14.7. The smallest absolute Gasteiger partial charge is 0.387 e. The third-order valence-electron chi connectivity index (χ3n) is 7.59. The number of hydrogen-bond donors (Lipinski definition) is 3. The number of carbonyl (C=O) groups is 1. The predicted octanol–water partition coefficient (Wildman–Crippen LogP) is 8.79. The summed E-state index contributed by atoms with van der Waals surface area (Å²) in [5.74, 6) is -0.202. The van der Waals surface area contributed by atoms with E-state index in [1.807, 2.05) is 27.2 Å². The van der Waals surface area contributed by atoms with E-state index in [4.69, 9.17) is 9.05 Å². The maximum Gasteiger partial charge on any atom is 0.472 e. The Morgan fingerprint density at radius 2 is 1.22 bits per heavy atom. The van der Waals surface area contributed by atoms with Gasteiger partial charge in [-0.15, -0.1) is 0 Å². The molecule has 8 nitrogen and oxygen atoms in total. The van der Waals surface area contributed by atoms with Gasteiger partial charge in [0, 0.05) is 6.42 Å². The van der Waals surface area contributed by atoms with Gasteiger partial charge in [-0.1, -0.05) is 121 Å². The van der Waals surface area contributed by atoms with E-state index in [1.165, 1.54) is 70.6 Å². The van der Waals surface area contributed by atoms with Gasteiger partial charge in [0.05, 0.1) is 39.9 Å². The fraction of sp³-hybridized carbons (Fsp3) is 0.806. The normalized spacial score (nSPS) is 15.3. The Bertz CT molecular complexity index is 840. The molecule has 3 unspecified atom stereocenters. The summed E-state index contributed by atoms with van der Waals surface area (Å²) in [7, 11) is 1.54. The van der Waals surface area contributed by atoms with Crippen molar-refractivity contribution in [2.45, 2.75) is 148 Å². The zero-order valence-corrected chi connectivity index (χ0v) is 30.5. The zero-order valence-electron chi connectivity index (χ0n) is 29.6. The highest BCUT2D eigenvalue weighted by molar-refractivity contribution is 7.47. The van der Waals surface area contributed by atoms with Crippen molar-refractivity contribution in [3.8, 4) is 0 Å². The minimum Gasteiger partial charge on any atom is -0.387 e. The Morgan fingerprint density at radius 1 is 0.733 bits per heavy atom. The Morgan fingerprint density at radius 3 is 1.78 bits per heavy atom. The van der Waals surface area contributed by atoms with Crippen molar-refractivity contribution in [1.29, 1.82) is 0 Å². The molecule has 264 valence electrons. The maximum atomic E-state index is 12.6. The molecule has 0 heterocycles. The van der Waals surface area contributed by atoms with Crippen LogP contribution in [0.25, 0.3) is 0 Å². The Balaban J connectivity index is 4.62. The number of phosphoric acid groups is 1. The van der Waals surface area contributed by atoms with Crippen molar-refractivity contribution in [2.75, 3.05) is 40.9 Å². The van der Waals surface area contributed by atoms with E-state index in [-0.39, 0.29) is 19.1 Å². The van der Waals surface area contributed by atoms with Crippen LogP contribution in [0.15, 0.2) is 36.5 Å². The molecule has 0 saturated heterocycles. The van der Waals surface area contributed by atoms with Crippen LogP contribution in [0.2, 0.25) is 0 Å². The van der Waals surface area contributed by atoms with Gasteiger partial charge < -0.3 is 19.8 Å². The summed E-state index contributed by atoms with van der Waals surface area (Å²) in [5.41, 5.74) is 0. The summed E-state index contributed by atoms with van der Waals surface area (Å²) in [4.78, 5) is 22.8. The number of unbranched alkanes of at least 4 members (excludes halogenated alkanes) is 14. The molecule has 0 rings (SSSR count). The number of nitrogens with zero attached hydrogens (tertiary/aromatic N) is 1. The number of likely N-dealkylation sites (N-methyl/N-ethyl adjacent to an activating group) is 1. The minimum atomic E-state index is -4.33. The fourth-order valence-electron chi connectivity index (χ4n) is 4.66. The first-order valence-corrected chi connectivity index (χ1v) is 19.4. The van der Waals surface area contributed by atoms with Gasteiger partial charge in [-0.3, -0.25) is 13.8 Å². The lowest BCUT2D eigenvalue weighted by atomic mass is 10.1. The van der Waals surface area contributed by atoms with Gasteiger partial charge in [-0.25, -0.2) is 4.57 Å². The molecule has 1 amide bonds. The number of allylic oxidation sites excluding steroid dienone is 5. The van der Waals surface area contributed by atoms with E-state index in [0.29, 0.717) is 17.4 Å². The molecular weight excluding hydrogens is 587 g/mol. The Labute approximate surface area is 276 Å². The minimum absolute atomic E-state index is 0.0536. The molecule has 45 heavy (non-hydrogen) atoms. The summed E-state index contributed by atoms with van der Waals surface area (Å²) < 4.78 is 23.3. The topological polar surface area (TPSA) is 105 Å². The van der Waals surface area contributed by atoms with Crippen LogP contribution in [-0.4, -0.2) is 73.4 Å². The number of quaternary nitrogens is 1. The van der Waals surface area contributed by atoms with E-state index < -0.39 is 20.0 Å². The lowest BCUT2D eigenvalue weighted by Crippen LogP contribution is -2.45. The van der Waals surface area contributed by atoms with Crippen LogP contribution in [0, 0.1) is 0 Å². The van der Waals surface area contributed by atoms with Gasteiger partial charge in [0.2, 0.25) is 5.91 Å². The van der Waals surface area contributed by atoms with Crippen molar-refractivity contribution in [1.82, 2.24) is 5.32 Å². The van der Waals surface area contributed by atoms with Crippen molar-refractivity contribution in [3.63, 3.8) is 0 Å². The van der Waals surface area contributed by atoms with Crippen LogP contribution >= 0.6 is 7.82 Å². The molecule has 0 fully saturated rings. The first kappa shape index (κ1) is 43.7. The predicted molar refractivity (Wildman–Crippen MR) is 189 cm³/mol. The zero-order chi connectivity index (χ0) is 33.7. The monoisotopic (exact) mass is 657 g/mol. The molecule has 0 aliphatic rings. The van der Waals surface area contributed by atoms with Crippen LogP contribution < -0.4 is 5.32 Å². The molecule has 0 aromatic heterocycles. The van der Waals surface area contributed by atoms with Crippen molar-refractivity contribution in [3.05, 3.63) is 36.5 Å². The third-order valence-corrected chi connectivity index (χ3v) is 8.57. The van der Waals surface area contributed by atoms with Crippen LogP contribution in [0.5, 0.6) is 0 Å². The van der Waals surface area contributed by atoms with Gasteiger partial charge in [0.15, 0.2) is 0 Å². The van der Waals surface area contributed by atoms with Crippen molar-refractivity contribution in [2.24, 2.45) is 0 Å². The summed E-state index contributed by atoms with van der Waals surface area (Å²) in [5, 5.41) is 13.6. The second kappa shape index (κ2) is 28.9. The largest absolute Gasteiger partial charge is 0.472 e. The van der Waals surface area contributed by atoms with Crippen LogP contribution in [-0.2, 0) is 18.4 Å². The second-order valence-electron chi connectivity index (χ2n) is 13.2. The molecule has 3 atom stereocenters. The molecule has 0 aromatic carbocycles. The van der Waals surface area contributed by atoms with Gasteiger partial charge >= 0.3 is 7.82 Å². The van der Waals surface area contributed by atoms with Gasteiger partial charge in [0.1, 0.15) is 13.2 Å². The highest BCUT2D eigenvalue weighted by Gasteiger charge is 2.27. The molecule has 0 saturated carbocycles. The Hall–Kier alpha value is -1.28. The summed E-state index contributed by atoms with van der Waals surface area (Å²) in [6.07, 6.45) is 32.2. The van der Waals surface area contributed by atoms with E-state index in [0.717, 1.165) is 44.9 Å². The van der Waals surface area contributed by atoms with Crippen molar-refractivity contribution >= 4 is 13.7 Å². The molecule has 3 N–H and O–H groups in total. The molecular formula is C36H70N2O6P+. The van der Waals surface area contributed by atoms with E-state index in [2.05, 4.69) is 43.5 Å². The van der Waals surface area contributed by atoms with Gasteiger partial charge in [0.25, 0.3) is 0 Å².